The Morgan fingerprint density at radius 2 is 1.79 bits per heavy atom. The Morgan fingerprint density at radius 3 is 2.41 bits per heavy atom. The summed E-state index contributed by atoms with van der Waals surface area (Å²) >= 11 is 5.99. The summed E-state index contributed by atoms with van der Waals surface area (Å²) in [5, 5.41) is 7.00. The van der Waals surface area contributed by atoms with Gasteiger partial charge in [0, 0.05) is 22.4 Å². The highest BCUT2D eigenvalue weighted by atomic mass is 35.5. The van der Waals surface area contributed by atoms with Gasteiger partial charge in [-0.25, -0.2) is 25.3 Å². The third kappa shape index (κ3) is 5.52. The number of hydrogen-bond donors (Lipinski definition) is 2. The minimum atomic E-state index is -1.01. The molecule has 0 bridgehead atoms. The molecule has 180 valence electrons. The van der Waals surface area contributed by atoms with Crippen LogP contribution < -0.4 is 11.2 Å². The molecule has 0 aliphatic carbocycles. The lowest BCUT2D eigenvalue weighted by Crippen LogP contribution is -2.70. The van der Waals surface area contributed by atoms with Crippen LogP contribution >= 0.6 is 11.6 Å². The third-order valence-corrected chi connectivity index (χ3v) is 5.82. The van der Waals surface area contributed by atoms with Crippen LogP contribution in [0.5, 0.6) is 0 Å². The van der Waals surface area contributed by atoms with Gasteiger partial charge in [0.15, 0.2) is 0 Å². The van der Waals surface area contributed by atoms with E-state index in [4.69, 9.17) is 17.4 Å². The molecule has 1 unspecified atom stereocenters. The van der Waals surface area contributed by atoms with Gasteiger partial charge in [-0.05, 0) is 41.3 Å². The molecule has 1 aliphatic heterocycles. The van der Waals surface area contributed by atoms with Gasteiger partial charge in [0.25, 0.3) is 5.91 Å². The fourth-order valence-corrected chi connectivity index (χ4v) is 3.68. The first-order chi connectivity index (χ1) is 16.1. The second-order valence-corrected chi connectivity index (χ2v) is 8.90. The Labute approximate surface area is 202 Å². The molecule has 2 aromatic rings. The van der Waals surface area contributed by atoms with E-state index in [9.17, 15) is 19.3 Å². The Kier molecular flexibility index (Phi) is 7.85. The lowest BCUT2D eigenvalue weighted by molar-refractivity contribution is -0.121. The van der Waals surface area contributed by atoms with Crippen LogP contribution in [0.3, 0.4) is 0 Å². The van der Waals surface area contributed by atoms with Crippen LogP contribution in [-0.2, 0) is 11.3 Å². The molecule has 3 N–H and O–H groups in total. The van der Waals surface area contributed by atoms with Crippen molar-refractivity contribution in [3.8, 4) is 0 Å². The number of nitrogens with one attached hydrogen (secondary N) is 1. The number of nitrogens with zero attached hydrogens (tertiary/aromatic N) is 4. The first-order valence-electron chi connectivity index (χ1n) is 10.8. The summed E-state index contributed by atoms with van der Waals surface area (Å²) in [6.07, 6.45) is -1.01. The minimum absolute atomic E-state index is 0.100. The molecule has 1 heterocycles. The molecule has 1 fully saturated rings. The van der Waals surface area contributed by atoms with Crippen molar-refractivity contribution in [2.75, 3.05) is 11.9 Å². The number of hydrazine groups is 1. The number of halogens is 1. The van der Waals surface area contributed by atoms with Crippen molar-refractivity contribution in [2.24, 2.45) is 16.9 Å². The van der Waals surface area contributed by atoms with Crippen LogP contribution in [-0.4, -0.2) is 45.6 Å². The van der Waals surface area contributed by atoms with Gasteiger partial charge >= 0.3 is 12.1 Å². The Hall–Kier alpha value is -3.50. The Balaban J connectivity index is 1.95. The molecule has 2 atom stereocenters. The van der Waals surface area contributed by atoms with Crippen molar-refractivity contribution in [1.29, 1.82) is 0 Å². The van der Waals surface area contributed by atoms with Gasteiger partial charge in [0.1, 0.15) is 0 Å². The van der Waals surface area contributed by atoms with Crippen molar-refractivity contribution in [3.05, 3.63) is 69.6 Å². The number of hydrogen-bond acceptors (Lipinski definition) is 6. The molecule has 0 saturated carbocycles. The summed E-state index contributed by atoms with van der Waals surface area (Å²) in [4.78, 5) is 50.9. The number of urea groups is 2. The molecule has 1 aliphatic rings. The lowest BCUT2D eigenvalue weighted by Gasteiger charge is -2.45. The number of carbonyl (C=O) groups excluding carboxylic acids is 3. The van der Waals surface area contributed by atoms with E-state index in [0.29, 0.717) is 10.7 Å². The predicted octanol–water partition coefficient (Wildman–Crippen LogP) is 4.32. The summed E-state index contributed by atoms with van der Waals surface area (Å²) in [7, 11) is 0. The van der Waals surface area contributed by atoms with E-state index in [1.807, 2.05) is 24.3 Å². The van der Waals surface area contributed by atoms with Crippen LogP contribution in [0, 0.1) is 10.8 Å². The zero-order chi connectivity index (χ0) is 25.0. The minimum Gasteiger partial charge on any atom is -0.347 e. The number of imide groups is 1. The molecule has 0 spiro atoms. The van der Waals surface area contributed by atoms with Crippen LogP contribution in [0.15, 0.2) is 53.7 Å². The fourth-order valence-electron chi connectivity index (χ4n) is 3.56. The molecule has 34 heavy (non-hydrogen) atoms. The van der Waals surface area contributed by atoms with Gasteiger partial charge in [0.05, 0.1) is 12.5 Å². The number of nitroso groups, excluding NO2 is 1. The number of amides is 5. The average molecular weight is 487 g/mol. The molecule has 11 heteroatoms. The molecule has 3 rings (SSSR count). The summed E-state index contributed by atoms with van der Waals surface area (Å²) in [6, 6.07) is 13.0. The van der Waals surface area contributed by atoms with E-state index in [-0.39, 0.29) is 19.0 Å². The molecule has 1 saturated heterocycles. The molecular formula is C23H27ClN6O4. The monoisotopic (exact) mass is 486 g/mol. The Bertz CT molecular complexity index is 1080. The third-order valence-electron chi connectivity index (χ3n) is 5.57. The van der Waals surface area contributed by atoms with Gasteiger partial charge < -0.3 is 5.32 Å². The summed E-state index contributed by atoms with van der Waals surface area (Å²) in [6.45, 7) is 5.30. The van der Waals surface area contributed by atoms with E-state index >= 15 is 0 Å². The largest absolute Gasteiger partial charge is 0.347 e. The predicted molar refractivity (Wildman–Crippen MR) is 128 cm³/mol. The lowest BCUT2D eigenvalue weighted by atomic mass is 10.0. The molecule has 0 radical (unpaired) electrons. The van der Waals surface area contributed by atoms with Crippen molar-refractivity contribution in [1.82, 2.24) is 14.8 Å². The summed E-state index contributed by atoms with van der Waals surface area (Å²) < 4.78 is 0. The van der Waals surface area contributed by atoms with Gasteiger partial charge in [0.2, 0.25) is 6.29 Å². The number of anilines is 1. The standard InChI is InChI=1S/C23H27ClN6O4/c1-14(2)17-5-4-6-19(11-17)26-21-28(13-16-7-9-18(24)10-8-16)22(32)29(23(33)30(21)25)12-15(3)20(31)27-34/h4-11,14-15,21,26H,12-13,25H2,1-3H3/t15-,21?/m0/s1. The highest BCUT2D eigenvalue weighted by Gasteiger charge is 2.44. The molecule has 10 nitrogen and oxygen atoms in total. The smallest absolute Gasteiger partial charge is 0.345 e. The van der Waals surface area contributed by atoms with E-state index in [2.05, 4.69) is 24.3 Å². The first-order valence-corrected chi connectivity index (χ1v) is 11.1. The highest BCUT2D eigenvalue weighted by molar-refractivity contribution is 6.30. The molecule has 2 aromatic carbocycles. The van der Waals surface area contributed by atoms with E-state index in [1.165, 1.54) is 11.8 Å². The summed E-state index contributed by atoms with van der Waals surface area (Å²) in [5.41, 5.74) is 2.50. The zero-order valence-corrected chi connectivity index (χ0v) is 19.9. The van der Waals surface area contributed by atoms with Crippen molar-refractivity contribution in [2.45, 2.75) is 39.5 Å². The number of benzene rings is 2. The number of rotatable bonds is 8. The summed E-state index contributed by atoms with van der Waals surface area (Å²) in [5.74, 6) is 4.51. The average Bonchev–Trinajstić information content (AvgIpc) is 2.83. The second-order valence-electron chi connectivity index (χ2n) is 8.47. The highest BCUT2D eigenvalue weighted by Crippen LogP contribution is 2.25. The molecular weight excluding hydrogens is 460 g/mol. The number of carbonyl (C=O) groups is 3. The number of nitrogens with two attached hydrogens (primary N) is 1. The van der Waals surface area contributed by atoms with Gasteiger partial charge in [-0.1, -0.05) is 56.6 Å². The van der Waals surface area contributed by atoms with Gasteiger partial charge in [-0.3, -0.25) is 9.69 Å². The van der Waals surface area contributed by atoms with Crippen molar-refractivity contribution < 1.29 is 14.4 Å². The quantitative estimate of drug-likeness (QED) is 0.325. The second kappa shape index (κ2) is 10.6. The SMILES string of the molecule is CC(C)c1cccc(NC2N(N)C(=O)N(C[C@H](C)C(=O)N=O)C(=O)N2Cc2ccc(Cl)cc2)c1. The van der Waals surface area contributed by atoms with E-state index in [1.54, 1.807) is 24.3 Å². The van der Waals surface area contributed by atoms with Crippen molar-refractivity contribution in [3.63, 3.8) is 0 Å². The van der Waals surface area contributed by atoms with Crippen LogP contribution in [0.1, 0.15) is 37.8 Å². The maximum atomic E-state index is 13.4. The van der Waals surface area contributed by atoms with E-state index in [0.717, 1.165) is 21.0 Å². The molecule has 0 aromatic heterocycles. The maximum Gasteiger partial charge on any atom is 0.345 e. The first kappa shape index (κ1) is 25.1. The van der Waals surface area contributed by atoms with Gasteiger partial charge in [-0.2, -0.15) is 0 Å². The fraction of sp³-hybridized carbons (Fsp3) is 0.348. The van der Waals surface area contributed by atoms with Crippen LogP contribution in [0.25, 0.3) is 0 Å². The maximum absolute atomic E-state index is 13.4. The van der Waals surface area contributed by atoms with Gasteiger partial charge in [-0.15, -0.1) is 4.91 Å². The van der Waals surface area contributed by atoms with Crippen LogP contribution in [0.2, 0.25) is 5.02 Å². The van der Waals surface area contributed by atoms with E-state index < -0.39 is 30.2 Å². The van der Waals surface area contributed by atoms with Crippen molar-refractivity contribution >= 4 is 35.3 Å². The normalized spacial score (nSPS) is 17.2. The topological polar surface area (TPSA) is 128 Å². The molecule has 5 amide bonds. The van der Waals surface area contributed by atoms with Crippen LogP contribution in [0.4, 0.5) is 15.3 Å². The zero-order valence-electron chi connectivity index (χ0n) is 19.1. The Morgan fingerprint density at radius 1 is 1.12 bits per heavy atom.